The van der Waals surface area contributed by atoms with E-state index in [1.54, 1.807) is 0 Å². The topological polar surface area (TPSA) is 22.2 Å². The summed E-state index contributed by atoms with van der Waals surface area (Å²) in [5.41, 5.74) is 4.20. The second-order valence-electron chi connectivity index (χ2n) is 12.8. The van der Waals surface area contributed by atoms with Crippen LogP contribution in [0.25, 0.3) is 0 Å². The number of aryl methyl sites for hydroxylation is 1. The van der Waals surface area contributed by atoms with Crippen molar-refractivity contribution in [2.75, 3.05) is 63.8 Å². The molecule has 0 amide bonds. The van der Waals surface area contributed by atoms with Crippen LogP contribution >= 0.6 is 0 Å². The smallest absolute Gasteiger partial charge is 0.124 e. The van der Waals surface area contributed by atoms with Gasteiger partial charge in [-0.25, -0.2) is 0 Å². The Bertz CT molecular complexity index is 1000. The molecule has 0 saturated carbocycles. The molecule has 5 nitrogen and oxygen atoms in total. The molecule has 5 rings (SSSR count). The fourth-order valence-corrected chi connectivity index (χ4v) is 5.89. The van der Waals surface area contributed by atoms with Crippen LogP contribution in [0.5, 0.6) is 5.75 Å². The molecule has 0 aliphatic carbocycles. The van der Waals surface area contributed by atoms with Crippen LogP contribution in [0.3, 0.4) is 0 Å². The minimum absolute atomic E-state index is 0.390. The van der Waals surface area contributed by atoms with Crippen LogP contribution in [-0.4, -0.2) is 91.8 Å². The first-order chi connectivity index (χ1) is 18.7. The standard InChI is InChI=1S/C19H31N3.C15H23NO/c1-15(2)17-6-5-7-18(12-17)22-13-19(14-22)21-10-8-20(9-11-21)16(3)4;1-4-13-6-5-7-14(8-13)17-15-10-16(11-15)9-12(2)3/h5-7,12,15-16,19H,8-11,13-14H2,1-4H3;5-8,12,15H,4,9-11H2,1-3H3. The SMILES string of the molecule is CC(C)c1cccc(N2CC(N3CCN(C(C)C)CC3)C2)c1.CCc1cccc(OC2CN(CC(C)C)C2)c1. The Labute approximate surface area is 239 Å². The number of ether oxygens (including phenoxy) is 1. The zero-order valence-electron chi connectivity index (χ0n) is 25.8. The average molecular weight is 535 g/mol. The van der Waals surface area contributed by atoms with Gasteiger partial charge in [0.2, 0.25) is 0 Å². The highest BCUT2D eigenvalue weighted by atomic mass is 16.5. The summed E-state index contributed by atoms with van der Waals surface area (Å²) < 4.78 is 5.96. The van der Waals surface area contributed by atoms with Crippen molar-refractivity contribution >= 4 is 5.69 Å². The maximum absolute atomic E-state index is 5.96. The molecule has 0 radical (unpaired) electrons. The Hall–Kier alpha value is -2.08. The third-order valence-electron chi connectivity index (χ3n) is 8.52. The number of rotatable bonds is 9. The lowest BCUT2D eigenvalue weighted by Crippen LogP contribution is -2.63. The van der Waals surface area contributed by atoms with Gasteiger partial charge >= 0.3 is 0 Å². The quantitative estimate of drug-likeness (QED) is 0.393. The van der Waals surface area contributed by atoms with Crippen molar-refractivity contribution in [1.29, 1.82) is 0 Å². The summed E-state index contributed by atoms with van der Waals surface area (Å²) in [6, 6.07) is 19.0. The van der Waals surface area contributed by atoms with Crippen molar-refractivity contribution < 1.29 is 4.74 Å². The van der Waals surface area contributed by atoms with Gasteiger partial charge in [0.15, 0.2) is 0 Å². The number of nitrogens with zero attached hydrogens (tertiary/aromatic N) is 4. The maximum atomic E-state index is 5.96. The van der Waals surface area contributed by atoms with E-state index in [2.05, 4.69) is 117 Å². The number of anilines is 1. The molecule has 3 saturated heterocycles. The Balaban J connectivity index is 0.000000187. The maximum Gasteiger partial charge on any atom is 0.124 e. The summed E-state index contributed by atoms with van der Waals surface area (Å²) in [5.74, 6) is 2.39. The van der Waals surface area contributed by atoms with Crippen LogP contribution in [0.1, 0.15) is 65.5 Å². The summed E-state index contributed by atoms with van der Waals surface area (Å²) in [5, 5.41) is 0. The van der Waals surface area contributed by atoms with Crippen molar-refractivity contribution in [2.24, 2.45) is 5.92 Å². The lowest BCUT2D eigenvalue weighted by atomic mass is 10.00. The second kappa shape index (κ2) is 14.0. The van der Waals surface area contributed by atoms with Crippen LogP contribution in [0.4, 0.5) is 5.69 Å². The molecule has 2 aromatic rings. The fraction of sp³-hybridized carbons (Fsp3) is 0.647. The molecule has 3 fully saturated rings. The Morgan fingerprint density at radius 2 is 1.51 bits per heavy atom. The van der Waals surface area contributed by atoms with E-state index in [0.717, 1.165) is 37.2 Å². The van der Waals surface area contributed by atoms with Gasteiger partial charge in [-0.15, -0.1) is 0 Å². The zero-order chi connectivity index (χ0) is 27.9. The number of likely N-dealkylation sites (tertiary alicyclic amines) is 1. The molecule has 0 aromatic heterocycles. The molecule has 3 aliphatic rings. The molecule has 5 heteroatoms. The van der Waals surface area contributed by atoms with Crippen LogP contribution < -0.4 is 9.64 Å². The van der Waals surface area contributed by atoms with Gasteiger partial charge < -0.3 is 9.64 Å². The molecular formula is C34H54N4O. The first kappa shape index (κ1) is 29.9. The normalized spacial score (nSPS) is 19.7. The van der Waals surface area contributed by atoms with E-state index in [0.29, 0.717) is 18.1 Å². The van der Waals surface area contributed by atoms with Gasteiger partial charge in [-0.3, -0.25) is 14.7 Å². The second-order valence-corrected chi connectivity index (χ2v) is 12.8. The highest BCUT2D eigenvalue weighted by Gasteiger charge is 2.34. The molecule has 39 heavy (non-hydrogen) atoms. The number of piperazine rings is 1. The van der Waals surface area contributed by atoms with Crippen LogP contribution in [0.15, 0.2) is 48.5 Å². The zero-order valence-corrected chi connectivity index (χ0v) is 25.8. The van der Waals surface area contributed by atoms with Gasteiger partial charge in [-0.1, -0.05) is 58.9 Å². The number of hydrogen-bond donors (Lipinski definition) is 0. The molecule has 0 spiro atoms. The van der Waals surface area contributed by atoms with Gasteiger partial charge in [0, 0.05) is 76.7 Å². The Morgan fingerprint density at radius 3 is 2.13 bits per heavy atom. The number of benzene rings is 2. The van der Waals surface area contributed by atoms with Crippen molar-refractivity contribution in [3.63, 3.8) is 0 Å². The van der Waals surface area contributed by atoms with Crippen LogP contribution in [0.2, 0.25) is 0 Å². The summed E-state index contributed by atoms with van der Waals surface area (Å²) in [6.07, 6.45) is 1.46. The van der Waals surface area contributed by atoms with E-state index in [1.807, 2.05) is 0 Å². The minimum Gasteiger partial charge on any atom is -0.488 e. The lowest BCUT2D eigenvalue weighted by Gasteiger charge is -2.49. The van der Waals surface area contributed by atoms with Gasteiger partial charge in [0.1, 0.15) is 11.9 Å². The van der Waals surface area contributed by atoms with Gasteiger partial charge in [0.05, 0.1) is 0 Å². The summed E-state index contributed by atoms with van der Waals surface area (Å²) in [6.45, 7) is 26.5. The predicted molar refractivity (Wildman–Crippen MR) is 166 cm³/mol. The molecule has 0 bridgehead atoms. The first-order valence-electron chi connectivity index (χ1n) is 15.5. The van der Waals surface area contributed by atoms with E-state index in [1.165, 1.54) is 62.6 Å². The highest BCUT2D eigenvalue weighted by molar-refractivity contribution is 5.52. The minimum atomic E-state index is 0.390. The van der Waals surface area contributed by atoms with E-state index in [4.69, 9.17) is 4.74 Å². The highest BCUT2D eigenvalue weighted by Crippen LogP contribution is 2.27. The summed E-state index contributed by atoms with van der Waals surface area (Å²) >= 11 is 0. The van der Waals surface area contributed by atoms with Crippen molar-refractivity contribution in [3.8, 4) is 5.75 Å². The molecule has 216 valence electrons. The molecule has 2 aromatic carbocycles. The molecule has 0 N–H and O–H groups in total. The van der Waals surface area contributed by atoms with Crippen molar-refractivity contribution in [2.45, 2.75) is 79.0 Å². The molecule has 3 aliphatic heterocycles. The lowest BCUT2D eigenvalue weighted by molar-refractivity contribution is 0.0131. The fourth-order valence-electron chi connectivity index (χ4n) is 5.89. The largest absolute Gasteiger partial charge is 0.488 e. The summed E-state index contributed by atoms with van der Waals surface area (Å²) in [4.78, 5) is 10.3. The first-order valence-corrected chi connectivity index (χ1v) is 15.5. The molecular weight excluding hydrogens is 480 g/mol. The van der Waals surface area contributed by atoms with Crippen molar-refractivity contribution in [1.82, 2.24) is 14.7 Å². The monoisotopic (exact) mass is 534 g/mol. The average Bonchev–Trinajstić information content (AvgIpc) is 2.87. The molecule has 0 atom stereocenters. The van der Waals surface area contributed by atoms with Crippen molar-refractivity contribution in [3.05, 3.63) is 59.7 Å². The predicted octanol–water partition coefficient (Wildman–Crippen LogP) is 5.99. The van der Waals surface area contributed by atoms with Crippen LogP contribution in [0, 0.1) is 5.92 Å². The Kier molecular flexibility index (Phi) is 10.7. The van der Waals surface area contributed by atoms with E-state index in [9.17, 15) is 0 Å². The van der Waals surface area contributed by atoms with Crippen LogP contribution in [-0.2, 0) is 6.42 Å². The van der Waals surface area contributed by atoms with Gasteiger partial charge in [-0.05, 0) is 67.5 Å². The summed E-state index contributed by atoms with van der Waals surface area (Å²) in [7, 11) is 0. The van der Waals surface area contributed by atoms with E-state index >= 15 is 0 Å². The molecule has 0 unspecified atom stereocenters. The van der Waals surface area contributed by atoms with Gasteiger partial charge in [0.25, 0.3) is 0 Å². The third-order valence-corrected chi connectivity index (χ3v) is 8.52. The van der Waals surface area contributed by atoms with E-state index in [-0.39, 0.29) is 0 Å². The Morgan fingerprint density at radius 1 is 0.821 bits per heavy atom. The number of hydrogen-bond acceptors (Lipinski definition) is 5. The van der Waals surface area contributed by atoms with E-state index < -0.39 is 0 Å². The van der Waals surface area contributed by atoms with Gasteiger partial charge in [-0.2, -0.15) is 0 Å². The third kappa shape index (κ3) is 8.45. The molecule has 3 heterocycles.